The molecule has 108 valence electrons. The SMILES string of the molecule is NCC(Oc1cccc(C(F)(F)F)c1)c1ccc(Cl)s1. The van der Waals surface area contributed by atoms with E-state index in [2.05, 4.69) is 0 Å². The Morgan fingerprint density at radius 1 is 1.25 bits per heavy atom. The molecule has 0 fully saturated rings. The summed E-state index contributed by atoms with van der Waals surface area (Å²) < 4.78 is 44.0. The quantitative estimate of drug-likeness (QED) is 0.900. The fourth-order valence-electron chi connectivity index (χ4n) is 1.63. The van der Waals surface area contributed by atoms with Gasteiger partial charge in [0.2, 0.25) is 0 Å². The van der Waals surface area contributed by atoms with E-state index in [1.165, 1.54) is 23.5 Å². The molecule has 2 N–H and O–H groups in total. The molecule has 0 spiro atoms. The van der Waals surface area contributed by atoms with Gasteiger partial charge in [-0.15, -0.1) is 11.3 Å². The number of hydrogen-bond acceptors (Lipinski definition) is 3. The minimum Gasteiger partial charge on any atom is -0.484 e. The van der Waals surface area contributed by atoms with Crippen molar-refractivity contribution in [2.24, 2.45) is 5.73 Å². The highest BCUT2D eigenvalue weighted by atomic mass is 35.5. The van der Waals surface area contributed by atoms with Gasteiger partial charge in [-0.3, -0.25) is 0 Å². The van der Waals surface area contributed by atoms with Crippen LogP contribution in [0.4, 0.5) is 13.2 Å². The summed E-state index contributed by atoms with van der Waals surface area (Å²) in [5, 5.41) is 0. The van der Waals surface area contributed by atoms with Crippen LogP contribution < -0.4 is 10.5 Å². The van der Waals surface area contributed by atoms with E-state index in [1.54, 1.807) is 12.1 Å². The molecule has 1 atom stereocenters. The average Bonchev–Trinajstić information content (AvgIpc) is 2.82. The molecule has 1 heterocycles. The molecule has 1 unspecified atom stereocenters. The summed E-state index contributed by atoms with van der Waals surface area (Å²) >= 11 is 7.11. The molecule has 1 aromatic carbocycles. The van der Waals surface area contributed by atoms with Crippen molar-refractivity contribution in [3.63, 3.8) is 0 Å². The Labute approximate surface area is 122 Å². The van der Waals surface area contributed by atoms with Crippen LogP contribution in [0, 0.1) is 0 Å². The molecule has 0 saturated heterocycles. The van der Waals surface area contributed by atoms with E-state index in [0.29, 0.717) is 4.34 Å². The second kappa shape index (κ2) is 6.03. The van der Waals surface area contributed by atoms with Crippen molar-refractivity contribution < 1.29 is 17.9 Å². The Bertz CT molecular complexity index is 585. The van der Waals surface area contributed by atoms with Gasteiger partial charge in [0.1, 0.15) is 11.9 Å². The first kappa shape index (κ1) is 15.2. The molecule has 2 nitrogen and oxygen atoms in total. The summed E-state index contributed by atoms with van der Waals surface area (Å²) in [6.45, 7) is 0.146. The molecular formula is C13H11ClF3NOS. The first-order valence-electron chi connectivity index (χ1n) is 5.69. The molecule has 0 aliphatic heterocycles. The molecule has 0 bridgehead atoms. The van der Waals surface area contributed by atoms with Crippen molar-refractivity contribution in [3.05, 3.63) is 51.2 Å². The molecule has 0 radical (unpaired) electrons. The zero-order valence-corrected chi connectivity index (χ0v) is 11.7. The number of ether oxygens (including phenoxy) is 1. The number of thiophene rings is 1. The summed E-state index contributed by atoms with van der Waals surface area (Å²) in [5.74, 6) is 0.125. The summed E-state index contributed by atoms with van der Waals surface area (Å²) in [7, 11) is 0. The molecule has 1 aromatic heterocycles. The Morgan fingerprint density at radius 2 is 2.00 bits per heavy atom. The van der Waals surface area contributed by atoms with Gasteiger partial charge in [0, 0.05) is 11.4 Å². The first-order valence-corrected chi connectivity index (χ1v) is 6.89. The molecule has 0 aliphatic carbocycles. The lowest BCUT2D eigenvalue weighted by Crippen LogP contribution is -2.17. The largest absolute Gasteiger partial charge is 0.484 e. The number of alkyl halides is 3. The number of rotatable bonds is 4. The van der Waals surface area contributed by atoms with Crippen LogP contribution in [0.2, 0.25) is 4.34 Å². The van der Waals surface area contributed by atoms with Gasteiger partial charge < -0.3 is 10.5 Å². The highest BCUT2D eigenvalue weighted by Gasteiger charge is 2.30. The van der Waals surface area contributed by atoms with Gasteiger partial charge in [-0.05, 0) is 30.3 Å². The number of halogens is 4. The number of benzene rings is 1. The highest BCUT2D eigenvalue weighted by Crippen LogP contribution is 2.34. The third-order valence-corrected chi connectivity index (χ3v) is 3.89. The molecule has 0 saturated carbocycles. The van der Waals surface area contributed by atoms with Gasteiger partial charge in [-0.2, -0.15) is 13.2 Å². The third kappa shape index (κ3) is 3.65. The Kier molecular flexibility index (Phi) is 4.57. The van der Waals surface area contributed by atoms with Crippen LogP contribution in [0.25, 0.3) is 0 Å². The predicted molar refractivity (Wildman–Crippen MR) is 73.2 cm³/mol. The molecule has 0 amide bonds. The van der Waals surface area contributed by atoms with Gasteiger partial charge in [0.15, 0.2) is 0 Å². The maximum absolute atomic E-state index is 12.6. The van der Waals surface area contributed by atoms with Crippen LogP contribution in [0.5, 0.6) is 5.75 Å². The summed E-state index contributed by atoms with van der Waals surface area (Å²) in [6, 6.07) is 8.16. The highest BCUT2D eigenvalue weighted by molar-refractivity contribution is 7.16. The summed E-state index contributed by atoms with van der Waals surface area (Å²) in [4.78, 5) is 0.773. The minimum atomic E-state index is -4.40. The fraction of sp³-hybridized carbons (Fsp3) is 0.231. The lowest BCUT2D eigenvalue weighted by Gasteiger charge is -2.17. The van der Waals surface area contributed by atoms with Crippen LogP contribution in [-0.2, 0) is 6.18 Å². The monoisotopic (exact) mass is 321 g/mol. The second-order valence-corrected chi connectivity index (χ2v) is 5.76. The third-order valence-electron chi connectivity index (χ3n) is 2.57. The van der Waals surface area contributed by atoms with Gasteiger partial charge in [0.05, 0.1) is 9.90 Å². The fourth-order valence-corrected chi connectivity index (χ4v) is 2.74. The standard InChI is InChI=1S/C13H11ClF3NOS/c14-12-5-4-11(20-12)10(7-18)19-9-3-1-2-8(6-9)13(15,16)17/h1-6,10H,7,18H2. The molecular weight excluding hydrogens is 311 g/mol. The second-order valence-electron chi connectivity index (χ2n) is 4.01. The van der Waals surface area contributed by atoms with Gasteiger partial charge >= 0.3 is 6.18 Å². The van der Waals surface area contributed by atoms with Crippen molar-refractivity contribution in [1.82, 2.24) is 0 Å². The van der Waals surface area contributed by atoms with Crippen LogP contribution in [0.1, 0.15) is 16.5 Å². The van der Waals surface area contributed by atoms with Gasteiger partial charge in [-0.1, -0.05) is 17.7 Å². The minimum absolute atomic E-state index is 0.125. The zero-order valence-electron chi connectivity index (χ0n) is 10.2. The molecule has 0 aliphatic rings. The lowest BCUT2D eigenvalue weighted by molar-refractivity contribution is -0.137. The topological polar surface area (TPSA) is 35.2 Å². The van der Waals surface area contributed by atoms with Crippen molar-refractivity contribution in [3.8, 4) is 5.75 Å². The molecule has 2 aromatic rings. The maximum Gasteiger partial charge on any atom is 0.416 e. The Balaban J connectivity index is 2.20. The van der Waals surface area contributed by atoms with E-state index in [9.17, 15) is 13.2 Å². The molecule has 20 heavy (non-hydrogen) atoms. The lowest BCUT2D eigenvalue weighted by atomic mass is 10.2. The van der Waals surface area contributed by atoms with E-state index >= 15 is 0 Å². The van der Waals surface area contributed by atoms with Crippen LogP contribution >= 0.6 is 22.9 Å². The maximum atomic E-state index is 12.6. The normalized spacial score (nSPS) is 13.2. The van der Waals surface area contributed by atoms with E-state index in [0.717, 1.165) is 17.0 Å². The Morgan fingerprint density at radius 3 is 2.55 bits per heavy atom. The smallest absolute Gasteiger partial charge is 0.416 e. The summed E-state index contributed by atoms with van der Waals surface area (Å²) in [5.41, 5.74) is 4.85. The van der Waals surface area contributed by atoms with Gasteiger partial charge in [0.25, 0.3) is 0 Å². The number of nitrogens with two attached hydrogens (primary N) is 1. The zero-order chi connectivity index (χ0) is 14.8. The first-order chi connectivity index (χ1) is 9.40. The van der Waals surface area contributed by atoms with E-state index in [4.69, 9.17) is 22.1 Å². The van der Waals surface area contributed by atoms with Crippen molar-refractivity contribution >= 4 is 22.9 Å². The van der Waals surface area contributed by atoms with Gasteiger partial charge in [-0.25, -0.2) is 0 Å². The van der Waals surface area contributed by atoms with E-state index in [-0.39, 0.29) is 12.3 Å². The number of hydrogen-bond donors (Lipinski definition) is 1. The summed E-state index contributed by atoms with van der Waals surface area (Å²) in [6.07, 6.45) is -4.92. The van der Waals surface area contributed by atoms with Crippen molar-refractivity contribution in [1.29, 1.82) is 0 Å². The van der Waals surface area contributed by atoms with E-state index in [1.807, 2.05) is 0 Å². The van der Waals surface area contributed by atoms with Crippen molar-refractivity contribution in [2.75, 3.05) is 6.54 Å². The molecule has 7 heteroatoms. The van der Waals surface area contributed by atoms with Crippen LogP contribution in [0.3, 0.4) is 0 Å². The van der Waals surface area contributed by atoms with Crippen LogP contribution in [0.15, 0.2) is 36.4 Å². The van der Waals surface area contributed by atoms with E-state index < -0.39 is 17.8 Å². The van der Waals surface area contributed by atoms with Crippen molar-refractivity contribution in [2.45, 2.75) is 12.3 Å². The average molecular weight is 322 g/mol. The Hall–Kier alpha value is -1.24. The molecule has 2 rings (SSSR count). The van der Waals surface area contributed by atoms with Crippen LogP contribution in [-0.4, -0.2) is 6.54 Å². The predicted octanol–water partition coefficient (Wildman–Crippen LogP) is 4.50.